The molecule has 1 heterocycles. The van der Waals surface area contributed by atoms with Crippen molar-refractivity contribution in [3.63, 3.8) is 0 Å². The van der Waals surface area contributed by atoms with Crippen molar-refractivity contribution < 1.29 is 28.3 Å². The van der Waals surface area contributed by atoms with Gasteiger partial charge < -0.3 is 18.7 Å². The summed E-state index contributed by atoms with van der Waals surface area (Å²) in [6, 6.07) is 25.3. The van der Waals surface area contributed by atoms with E-state index in [1.165, 1.54) is 0 Å². The van der Waals surface area contributed by atoms with E-state index in [1.54, 1.807) is 0 Å². The summed E-state index contributed by atoms with van der Waals surface area (Å²) in [5, 5.41) is 0. The Labute approximate surface area is 244 Å². The number of ketones is 1. The van der Waals surface area contributed by atoms with Gasteiger partial charge in [-0.25, -0.2) is 4.79 Å². The van der Waals surface area contributed by atoms with Gasteiger partial charge in [0.25, 0.3) is 0 Å². The molecule has 4 rings (SSSR count). The number of hydrogen-bond acceptors (Lipinski definition) is 5. The number of rotatable bonds is 15. The maximum atomic E-state index is 12.8. The van der Waals surface area contributed by atoms with Gasteiger partial charge in [0.15, 0.2) is 11.8 Å². The van der Waals surface area contributed by atoms with Gasteiger partial charge in [0, 0.05) is 6.42 Å². The number of carbonyl (C=O) groups excluding carboxylic acids is 2. The molecule has 218 valence electrons. The molecular weight excluding hydrogens is 514 g/mol. The van der Waals surface area contributed by atoms with Crippen LogP contribution in [0.1, 0.15) is 72.5 Å². The van der Waals surface area contributed by atoms with Gasteiger partial charge in [0.1, 0.15) is 17.6 Å². The standard InChI is InChI=1S/C35H44NO5/c1-36(2,3)31(24-27-16-10-8-11-17-27)35(38)40-23-15-7-5-4-6-14-22-39-29-20-21-33-30(25-29)32(37)26-34(41-33)28-18-12-9-13-19-28/h8-13,16-21,25,31,34H,4-7,14-15,22-24,26H2,1-3H3/q+1. The number of benzene rings is 3. The Hall–Kier alpha value is -3.64. The van der Waals surface area contributed by atoms with Gasteiger partial charge in [-0.3, -0.25) is 4.79 Å². The maximum absolute atomic E-state index is 12.8. The number of hydrogen-bond donors (Lipinski definition) is 0. The van der Waals surface area contributed by atoms with Gasteiger partial charge in [-0.05, 0) is 42.2 Å². The van der Waals surface area contributed by atoms with Crippen LogP contribution in [0.25, 0.3) is 0 Å². The Kier molecular flexibility index (Phi) is 11.0. The molecular formula is C35H44NO5+. The summed E-state index contributed by atoms with van der Waals surface area (Å²) in [4.78, 5) is 25.6. The van der Waals surface area contributed by atoms with Crippen molar-refractivity contribution in [1.82, 2.24) is 0 Å². The molecule has 3 aromatic rings. The van der Waals surface area contributed by atoms with Crippen molar-refractivity contribution in [1.29, 1.82) is 0 Å². The normalized spacial score (nSPS) is 15.5. The summed E-state index contributed by atoms with van der Waals surface area (Å²) in [6.45, 7) is 1.09. The fourth-order valence-corrected chi connectivity index (χ4v) is 5.13. The number of nitrogens with zero attached hydrogens (tertiary/aromatic N) is 1. The number of ether oxygens (including phenoxy) is 3. The first-order valence-corrected chi connectivity index (χ1v) is 14.8. The van der Waals surface area contributed by atoms with Crippen molar-refractivity contribution in [3.8, 4) is 11.5 Å². The van der Waals surface area contributed by atoms with Crippen molar-refractivity contribution in [3.05, 3.63) is 95.6 Å². The van der Waals surface area contributed by atoms with Gasteiger partial charge in [-0.15, -0.1) is 0 Å². The zero-order valence-electron chi connectivity index (χ0n) is 24.7. The van der Waals surface area contributed by atoms with Crippen LogP contribution in [-0.4, -0.2) is 56.6 Å². The van der Waals surface area contributed by atoms with E-state index in [0.29, 0.717) is 47.6 Å². The molecule has 0 bridgehead atoms. The molecule has 41 heavy (non-hydrogen) atoms. The minimum absolute atomic E-state index is 0.0837. The molecule has 1 aliphatic heterocycles. The summed E-state index contributed by atoms with van der Waals surface area (Å²) < 4.78 is 18.2. The Morgan fingerprint density at radius 1 is 0.854 bits per heavy atom. The lowest BCUT2D eigenvalue weighted by Crippen LogP contribution is -2.51. The molecule has 0 aromatic heterocycles. The lowest BCUT2D eigenvalue weighted by atomic mass is 9.96. The average Bonchev–Trinajstić information content (AvgIpc) is 2.97. The smallest absolute Gasteiger partial charge is 0.365 e. The van der Waals surface area contributed by atoms with E-state index >= 15 is 0 Å². The second-order valence-electron chi connectivity index (χ2n) is 11.8. The number of quaternary nitrogens is 1. The number of carbonyl (C=O) groups is 2. The van der Waals surface area contributed by atoms with Crippen LogP contribution in [0.15, 0.2) is 78.9 Å². The van der Waals surface area contributed by atoms with E-state index in [1.807, 2.05) is 87.9 Å². The summed E-state index contributed by atoms with van der Waals surface area (Å²) in [6.07, 6.45) is 6.95. The first-order chi connectivity index (χ1) is 19.8. The number of likely N-dealkylation sites (N-methyl/N-ethyl adjacent to an activating group) is 1. The van der Waals surface area contributed by atoms with Crippen molar-refractivity contribution in [2.45, 2.75) is 63.5 Å². The Bertz CT molecular complexity index is 1250. The van der Waals surface area contributed by atoms with E-state index in [2.05, 4.69) is 12.1 Å². The van der Waals surface area contributed by atoms with Crippen LogP contribution in [-0.2, 0) is 16.0 Å². The highest BCUT2D eigenvalue weighted by Crippen LogP contribution is 2.36. The molecule has 0 saturated carbocycles. The third-order valence-electron chi connectivity index (χ3n) is 7.59. The predicted molar refractivity (Wildman–Crippen MR) is 161 cm³/mol. The molecule has 0 N–H and O–H groups in total. The molecule has 6 nitrogen and oxygen atoms in total. The van der Waals surface area contributed by atoms with Crippen LogP contribution in [0.3, 0.4) is 0 Å². The van der Waals surface area contributed by atoms with Gasteiger partial charge in [-0.2, -0.15) is 0 Å². The lowest BCUT2D eigenvalue weighted by molar-refractivity contribution is -0.887. The first kappa shape index (κ1) is 30.3. The molecule has 0 saturated heterocycles. The molecule has 6 heteroatoms. The van der Waals surface area contributed by atoms with E-state index < -0.39 is 0 Å². The lowest BCUT2D eigenvalue weighted by Gasteiger charge is -2.32. The second kappa shape index (κ2) is 14.8. The summed E-state index contributed by atoms with van der Waals surface area (Å²) >= 11 is 0. The third kappa shape index (κ3) is 9.19. The van der Waals surface area contributed by atoms with E-state index in [4.69, 9.17) is 14.2 Å². The summed E-state index contributed by atoms with van der Waals surface area (Å²) in [5.74, 6) is 1.29. The average molecular weight is 559 g/mol. The summed E-state index contributed by atoms with van der Waals surface area (Å²) in [7, 11) is 6.12. The molecule has 0 radical (unpaired) electrons. The van der Waals surface area contributed by atoms with Crippen molar-refractivity contribution in [2.75, 3.05) is 34.4 Å². The highest BCUT2D eigenvalue weighted by molar-refractivity contribution is 6.00. The van der Waals surface area contributed by atoms with Crippen LogP contribution in [0.4, 0.5) is 0 Å². The number of unbranched alkanes of at least 4 members (excludes halogenated alkanes) is 5. The molecule has 0 fully saturated rings. The van der Waals surface area contributed by atoms with Crippen LogP contribution in [0.5, 0.6) is 11.5 Å². The van der Waals surface area contributed by atoms with Crippen LogP contribution >= 0.6 is 0 Å². The molecule has 1 aliphatic rings. The van der Waals surface area contributed by atoms with Gasteiger partial charge >= 0.3 is 5.97 Å². The van der Waals surface area contributed by atoms with Gasteiger partial charge in [0.2, 0.25) is 0 Å². The SMILES string of the molecule is C[N+](C)(C)C(Cc1ccccc1)C(=O)OCCCCCCCCOc1ccc2c(c1)C(=O)CC(c1ccccc1)O2. The topological polar surface area (TPSA) is 61.8 Å². The first-order valence-electron chi connectivity index (χ1n) is 14.8. The number of Topliss-reactive ketones (excluding diaryl/α,β-unsaturated/α-hetero) is 1. The Balaban J connectivity index is 1.08. The van der Waals surface area contributed by atoms with E-state index in [9.17, 15) is 9.59 Å². The second-order valence-corrected chi connectivity index (χ2v) is 11.8. The number of fused-ring (bicyclic) bond motifs is 1. The zero-order chi connectivity index (χ0) is 29.1. The van der Waals surface area contributed by atoms with Crippen LogP contribution in [0, 0.1) is 0 Å². The van der Waals surface area contributed by atoms with Crippen molar-refractivity contribution in [2.24, 2.45) is 0 Å². The Morgan fingerprint density at radius 2 is 1.49 bits per heavy atom. The quantitative estimate of drug-likeness (QED) is 0.114. The minimum atomic E-state index is -0.241. The number of esters is 1. The third-order valence-corrected chi connectivity index (χ3v) is 7.59. The molecule has 3 aromatic carbocycles. The molecule has 0 amide bonds. The Morgan fingerprint density at radius 3 is 2.17 bits per heavy atom. The molecule has 0 spiro atoms. The van der Waals surface area contributed by atoms with Crippen LogP contribution in [0.2, 0.25) is 0 Å². The van der Waals surface area contributed by atoms with E-state index in [-0.39, 0.29) is 23.9 Å². The predicted octanol–water partition coefficient (Wildman–Crippen LogP) is 6.97. The minimum Gasteiger partial charge on any atom is -0.494 e. The summed E-state index contributed by atoms with van der Waals surface area (Å²) in [5.41, 5.74) is 2.76. The van der Waals surface area contributed by atoms with Crippen LogP contribution < -0.4 is 9.47 Å². The van der Waals surface area contributed by atoms with Crippen molar-refractivity contribution >= 4 is 11.8 Å². The van der Waals surface area contributed by atoms with Gasteiger partial charge in [0.05, 0.1) is 46.3 Å². The fourth-order valence-electron chi connectivity index (χ4n) is 5.13. The maximum Gasteiger partial charge on any atom is 0.365 e. The highest BCUT2D eigenvalue weighted by atomic mass is 16.5. The monoisotopic (exact) mass is 558 g/mol. The molecule has 2 atom stereocenters. The molecule has 2 unspecified atom stereocenters. The highest BCUT2D eigenvalue weighted by Gasteiger charge is 2.33. The molecule has 0 aliphatic carbocycles. The largest absolute Gasteiger partial charge is 0.494 e. The van der Waals surface area contributed by atoms with E-state index in [0.717, 1.165) is 49.7 Å². The zero-order valence-corrected chi connectivity index (χ0v) is 24.7. The fraction of sp³-hybridized carbons (Fsp3) is 0.429. The van der Waals surface area contributed by atoms with Gasteiger partial charge in [-0.1, -0.05) is 86.3 Å².